The first kappa shape index (κ1) is 17.0. The van der Waals surface area contributed by atoms with Gasteiger partial charge in [-0.1, -0.05) is 48.2 Å². The molecule has 0 aliphatic carbocycles. The maximum Gasteiger partial charge on any atom is 0.408 e. The highest BCUT2D eigenvalue weighted by Gasteiger charge is 2.11. The maximum atomic E-state index is 13.6. The van der Waals surface area contributed by atoms with Crippen molar-refractivity contribution >= 4 is 12.1 Å². The Kier molecular flexibility index (Phi) is 5.92. The van der Waals surface area contributed by atoms with Crippen molar-refractivity contribution in [2.24, 2.45) is 0 Å². The highest BCUT2D eigenvalue weighted by molar-refractivity contribution is 5.90. The summed E-state index contributed by atoms with van der Waals surface area (Å²) in [5.41, 5.74) is 0.398. The summed E-state index contributed by atoms with van der Waals surface area (Å²) in [5, 5.41) is 11.4. The van der Waals surface area contributed by atoms with Crippen molar-refractivity contribution in [3.05, 3.63) is 71.0 Å². The smallest absolute Gasteiger partial charge is 0.408 e. The van der Waals surface area contributed by atoms with E-state index in [2.05, 4.69) is 17.2 Å². The Bertz CT molecular complexity index is 794. The van der Waals surface area contributed by atoms with Gasteiger partial charge >= 0.3 is 12.1 Å². The lowest BCUT2D eigenvalue weighted by molar-refractivity contribution is 0.0696. The van der Waals surface area contributed by atoms with Crippen LogP contribution in [0.4, 0.5) is 9.18 Å². The Morgan fingerprint density at radius 3 is 2.58 bits per heavy atom. The largest absolute Gasteiger partial charge is 0.478 e. The van der Waals surface area contributed by atoms with Crippen LogP contribution in [-0.4, -0.2) is 23.7 Å². The second kappa shape index (κ2) is 8.34. The van der Waals surface area contributed by atoms with Gasteiger partial charge in [-0.3, -0.25) is 0 Å². The fourth-order valence-corrected chi connectivity index (χ4v) is 1.85. The fraction of sp³-hybridized carbons (Fsp3) is 0.111. The molecule has 0 fully saturated rings. The topological polar surface area (TPSA) is 75.6 Å². The Morgan fingerprint density at radius 1 is 1.12 bits per heavy atom. The Labute approximate surface area is 138 Å². The van der Waals surface area contributed by atoms with Crippen molar-refractivity contribution in [2.75, 3.05) is 6.54 Å². The van der Waals surface area contributed by atoms with Gasteiger partial charge in [0.15, 0.2) is 0 Å². The summed E-state index contributed by atoms with van der Waals surface area (Å²) in [7, 11) is 0. The van der Waals surface area contributed by atoms with Crippen LogP contribution in [0.1, 0.15) is 21.5 Å². The number of aromatic carboxylic acids is 1. The number of carboxylic acid groups (broad SMARTS) is 1. The normalized spacial score (nSPS) is 9.54. The van der Waals surface area contributed by atoms with Crippen LogP contribution in [0.2, 0.25) is 0 Å². The quantitative estimate of drug-likeness (QED) is 0.847. The second-order valence-electron chi connectivity index (χ2n) is 4.68. The summed E-state index contributed by atoms with van der Waals surface area (Å²) in [5.74, 6) is 2.92. The van der Waals surface area contributed by atoms with Gasteiger partial charge in [-0.2, -0.15) is 0 Å². The number of carboxylic acids is 1. The first-order valence-electron chi connectivity index (χ1n) is 7.03. The van der Waals surface area contributed by atoms with Crippen molar-refractivity contribution < 1.29 is 23.8 Å². The molecule has 0 saturated heterocycles. The molecule has 0 atom stereocenters. The van der Waals surface area contributed by atoms with Crippen LogP contribution < -0.4 is 5.32 Å². The van der Waals surface area contributed by atoms with Crippen LogP contribution in [0.25, 0.3) is 0 Å². The van der Waals surface area contributed by atoms with E-state index in [-0.39, 0.29) is 24.3 Å². The molecule has 0 aromatic heterocycles. The van der Waals surface area contributed by atoms with Gasteiger partial charge in [0.1, 0.15) is 12.4 Å². The Morgan fingerprint density at radius 2 is 1.88 bits per heavy atom. The zero-order valence-electron chi connectivity index (χ0n) is 12.6. The van der Waals surface area contributed by atoms with Gasteiger partial charge in [0.05, 0.1) is 17.7 Å². The van der Waals surface area contributed by atoms with Gasteiger partial charge in [0, 0.05) is 0 Å². The third kappa shape index (κ3) is 4.85. The van der Waals surface area contributed by atoms with Crippen molar-refractivity contribution in [1.29, 1.82) is 0 Å². The number of carbonyl (C=O) groups is 2. The highest BCUT2D eigenvalue weighted by Crippen LogP contribution is 2.12. The number of nitrogens with one attached hydrogen (secondary N) is 1. The summed E-state index contributed by atoms with van der Waals surface area (Å²) in [6, 6.07) is 12.8. The lowest BCUT2D eigenvalue weighted by atomic mass is 10.1. The van der Waals surface area contributed by atoms with E-state index in [9.17, 15) is 14.0 Å². The monoisotopic (exact) mass is 327 g/mol. The summed E-state index contributed by atoms with van der Waals surface area (Å²) in [6.07, 6.45) is -0.667. The molecule has 2 N–H and O–H groups in total. The third-order valence-electron chi connectivity index (χ3n) is 2.99. The van der Waals surface area contributed by atoms with E-state index in [1.54, 1.807) is 0 Å². The van der Waals surface area contributed by atoms with Crippen LogP contribution in [-0.2, 0) is 11.3 Å². The van der Waals surface area contributed by atoms with Crippen LogP contribution >= 0.6 is 0 Å². The lowest BCUT2D eigenvalue weighted by Gasteiger charge is -2.04. The van der Waals surface area contributed by atoms with E-state index in [0.29, 0.717) is 0 Å². The predicted molar refractivity (Wildman–Crippen MR) is 84.9 cm³/mol. The summed E-state index contributed by atoms with van der Waals surface area (Å²) in [4.78, 5) is 22.5. The van der Waals surface area contributed by atoms with E-state index in [1.807, 2.05) is 30.3 Å². The van der Waals surface area contributed by atoms with Gasteiger partial charge in [-0.15, -0.1) is 0 Å². The number of hydrogen-bond donors (Lipinski definition) is 2. The molecule has 2 aromatic rings. The summed E-state index contributed by atoms with van der Waals surface area (Å²) >= 11 is 0. The number of carbonyl (C=O) groups excluding carboxylic acids is 1. The molecule has 0 heterocycles. The first-order chi connectivity index (χ1) is 11.6. The Balaban J connectivity index is 1.88. The second-order valence-corrected chi connectivity index (χ2v) is 4.68. The van der Waals surface area contributed by atoms with Crippen molar-refractivity contribution in [3.63, 3.8) is 0 Å². The molecular weight excluding hydrogens is 313 g/mol. The van der Waals surface area contributed by atoms with Crippen LogP contribution in [0, 0.1) is 17.7 Å². The zero-order chi connectivity index (χ0) is 17.4. The fourth-order valence-electron chi connectivity index (χ4n) is 1.85. The maximum absolute atomic E-state index is 13.6. The lowest BCUT2D eigenvalue weighted by Crippen LogP contribution is -2.24. The molecule has 6 heteroatoms. The highest BCUT2D eigenvalue weighted by atomic mass is 19.1. The van der Waals surface area contributed by atoms with Crippen LogP contribution in [0.15, 0.2) is 48.5 Å². The number of hydrogen-bond acceptors (Lipinski definition) is 3. The minimum Gasteiger partial charge on any atom is -0.478 e. The molecule has 0 aliphatic heterocycles. The van der Waals surface area contributed by atoms with Crippen molar-refractivity contribution in [3.8, 4) is 11.8 Å². The first-order valence-corrected chi connectivity index (χ1v) is 7.03. The van der Waals surface area contributed by atoms with Gasteiger partial charge in [-0.25, -0.2) is 14.0 Å². The number of halogens is 1. The average Bonchev–Trinajstić information content (AvgIpc) is 2.58. The molecular formula is C18H14FNO4. The molecule has 122 valence electrons. The molecule has 1 amide bonds. The molecule has 0 unspecified atom stereocenters. The number of alkyl carbamates (subject to hydrolysis) is 1. The van der Waals surface area contributed by atoms with Gasteiger partial charge < -0.3 is 15.2 Å². The Hall–Kier alpha value is -3.33. The summed E-state index contributed by atoms with van der Waals surface area (Å²) in [6.45, 7) is 0.0254. The third-order valence-corrected chi connectivity index (χ3v) is 2.99. The molecule has 2 aromatic carbocycles. The van der Waals surface area contributed by atoms with Crippen LogP contribution in [0.5, 0.6) is 0 Å². The summed E-state index contributed by atoms with van der Waals surface area (Å²) < 4.78 is 18.6. The number of rotatable bonds is 4. The number of amides is 1. The molecule has 0 radical (unpaired) electrons. The van der Waals surface area contributed by atoms with Gasteiger partial charge in [-0.05, 0) is 17.7 Å². The van der Waals surface area contributed by atoms with Gasteiger partial charge in [0.2, 0.25) is 0 Å². The van der Waals surface area contributed by atoms with E-state index >= 15 is 0 Å². The predicted octanol–water partition coefficient (Wildman–Crippen LogP) is 2.80. The van der Waals surface area contributed by atoms with Crippen molar-refractivity contribution in [1.82, 2.24) is 5.32 Å². The van der Waals surface area contributed by atoms with Crippen LogP contribution in [0.3, 0.4) is 0 Å². The zero-order valence-corrected chi connectivity index (χ0v) is 12.6. The SMILES string of the molecule is O=C(NCC#Cc1c(F)cccc1C(=O)O)OCc1ccccc1. The van der Waals surface area contributed by atoms with E-state index in [4.69, 9.17) is 9.84 Å². The molecule has 0 aliphatic rings. The van der Waals surface area contributed by atoms with E-state index in [1.165, 1.54) is 12.1 Å². The van der Waals surface area contributed by atoms with Gasteiger partial charge in [0.25, 0.3) is 0 Å². The average molecular weight is 327 g/mol. The molecule has 0 spiro atoms. The molecule has 5 nitrogen and oxygen atoms in total. The minimum absolute atomic E-state index is 0.0962. The molecule has 0 bridgehead atoms. The minimum atomic E-state index is -1.27. The molecule has 0 saturated carbocycles. The number of benzene rings is 2. The standard InChI is InChI=1S/C18H14FNO4/c19-16-10-4-8-15(17(21)22)14(16)9-5-11-20-18(23)24-12-13-6-2-1-3-7-13/h1-4,6-8,10H,11-12H2,(H,20,23)(H,21,22). The van der Waals surface area contributed by atoms with E-state index < -0.39 is 17.9 Å². The number of ether oxygens (including phenoxy) is 1. The molecule has 24 heavy (non-hydrogen) atoms. The van der Waals surface area contributed by atoms with E-state index in [0.717, 1.165) is 11.6 Å². The molecule has 2 rings (SSSR count). The van der Waals surface area contributed by atoms with Crippen molar-refractivity contribution in [2.45, 2.75) is 6.61 Å².